The van der Waals surface area contributed by atoms with Gasteiger partial charge in [0.25, 0.3) is 0 Å². The number of nitrogens with one attached hydrogen (secondary N) is 2. The molecule has 2 aromatic carbocycles. The average Bonchev–Trinajstić information content (AvgIpc) is 3.42. The molecular weight excluding hydrogens is 580 g/mol. The number of fused-ring (bicyclic) bond motifs is 2. The lowest BCUT2D eigenvalue weighted by Gasteiger charge is -2.33. The van der Waals surface area contributed by atoms with Crippen molar-refractivity contribution in [2.24, 2.45) is 0 Å². The van der Waals surface area contributed by atoms with E-state index in [2.05, 4.69) is 31.7 Å². The summed E-state index contributed by atoms with van der Waals surface area (Å²) >= 11 is 0. The van der Waals surface area contributed by atoms with E-state index < -0.39 is 0 Å². The fourth-order valence-corrected chi connectivity index (χ4v) is 5.43. The Labute approximate surface area is 267 Å². The maximum atomic E-state index is 13.0. The van der Waals surface area contributed by atoms with Gasteiger partial charge in [-0.25, -0.2) is 0 Å². The number of benzene rings is 2. The molecule has 0 radical (unpaired) electrons. The minimum atomic E-state index is -0.278. The van der Waals surface area contributed by atoms with Gasteiger partial charge < -0.3 is 20.1 Å². The molecule has 11 heteroatoms. The maximum absolute atomic E-state index is 13.0. The van der Waals surface area contributed by atoms with Crippen molar-refractivity contribution in [2.75, 3.05) is 44.0 Å². The molecule has 0 atom stereocenters. The van der Waals surface area contributed by atoms with Crippen LogP contribution in [0.5, 0.6) is 5.75 Å². The molecule has 0 aliphatic carbocycles. The third-order valence-electron chi connectivity index (χ3n) is 8.02. The molecule has 6 rings (SSSR count). The van der Waals surface area contributed by atoms with Crippen LogP contribution in [0.1, 0.15) is 30.8 Å². The molecule has 1 fully saturated rings. The number of amides is 1. The summed E-state index contributed by atoms with van der Waals surface area (Å²) < 4.78 is 13.1. The quantitative estimate of drug-likeness (QED) is 0.176. The molecule has 4 heterocycles. The topological polar surface area (TPSA) is 130 Å². The molecule has 0 saturated carbocycles. The van der Waals surface area contributed by atoms with Gasteiger partial charge in [-0.3, -0.25) is 24.3 Å². The second kappa shape index (κ2) is 13.8. The van der Waals surface area contributed by atoms with Crippen LogP contribution in [-0.4, -0.2) is 70.0 Å². The van der Waals surface area contributed by atoms with Crippen molar-refractivity contribution in [3.05, 3.63) is 90.0 Å². The van der Waals surface area contributed by atoms with Crippen LogP contribution in [-0.2, 0) is 22.5 Å². The summed E-state index contributed by atoms with van der Waals surface area (Å²) in [6.45, 7) is 6.89. The summed E-state index contributed by atoms with van der Waals surface area (Å²) in [7, 11) is 2.01. The number of nitriles is 1. The van der Waals surface area contributed by atoms with Crippen molar-refractivity contribution in [3.63, 3.8) is 0 Å². The van der Waals surface area contributed by atoms with Crippen molar-refractivity contribution in [1.29, 1.82) is 5.26 Å². The second-order valence-electron chi connectivity index (χ2n) is 11.1. The molecule has 11 nitrogen and oxygen atoms in total. The van der Waals surface area contributed by atoms with Gasteiger partial charge in [-0.2, -0.15) is 10.4 Å². The number of carbonyl (C=O) groups excluding carboxylic acids is 1. The lowest BCUT2D eigenvalue weighted by atomic mass is 10.0. The lowest BCUT2D eigenvalue weighted by molar-refractivity contribution is -0.112. The van der Waals surface area contributed by atoms with Gasteiger partial charge in [0.15, 0.2) is 0 Å². The first-order valence-electron chi connectivity index (χ1n) is 15.4. The Morgan fingerprint density at radius 1 is 1.22 bits per heavy atom. The smallest absolute Gasteiger partial charge is 0.248 e. The van der Waals surface area contributed by atoms with E-state index in [0.29, 0.717) is 84.7 Å². The summed E-state index contributed by atoms with van der Waals surface area (Å²) in [5.41, 5.74) is 5.57. The first-order chi connectivity index (χ1) is 22.5. The number of ether oxygens (including phenoxy) is 2. The molecule has 1 amide bonds. The first kappa shape index (κ1) is 30.7. The standard InChI is InChI=1S/C35H36N8O3/c1-4-29-28(18-36)35(39-24-11-12-32-23(15-24)19-38-43(32)20-25-9-6-7-13-37-25)27-16-31(33(46-5-2)17-30(27)40-29)41-34(44)10-8-14-42(3)26-21-45-22-26/h6-13,15-17,19,26H,4-5,14,20-22H2,1-3H3,(H,39,40)(H,41,44)/b10-8+. The fraction of sp³-hybridized carbons (Fsp3) is 0.286. The van der Waals surface area contributed by atoms with E-state index in [4.69, 9.17) is 14.5 Å². The van der Waals surface area contributed by atoms with Crippen LogP contribution in [0, 0.1) is 11.3 Å². The van der Waals surface area contributed by atoms with Crippen molar-refractivity contribution in [2.45, 2.75) is 32.9 Å². The van der Waals surface area contributed by atoms with Crippen molar-refractivity contribution < 1.29 is 14.3 Å². The van der Waals surface area contributed by atoms with Crippen molar-refractivity contribution in [1.82, 2.24) is 24.6 Å². The van der Waals surface area contributed by atoms with E-state index in [1.807, 2.05) is 86.4 Å². The van der Waals surface area contributed by atoms with Gasteiger partial charge in [0.1, 0.15) is 11.8 Å². The van der Waals surface area contributed by atoms with Crippen LogP contribution in [0.4, 0.5) is 17.1 Å². The van der Waals surface area contributed by atoms with E-state index in [1.54, 1.807) is 6.20 Å². The van der Waals surface area contributed by atoms with Gasteiger partial charge >= 0.3 is 0 Å². The first-order valence-corrected chi connectivity index (χ1v) is 15.4. The highest BCUT2D eigenvalue weighted by Crippen LogP contribution is 2.38. The molecule has 1 saturated heterocycles. The molecule has 3 aromatic heterocycles. The summed E-state index contributed by atoms with van der Waals surface area (Å²) in [6.07, 6.45) is 7.53. The molecule has 0 unspecified atom stereocenters. The minimum Gasteiger partial charge on any atom is -0.492 e. The molecule has 5 aromatic rings. The molecule has 1 aliphatic rings. The van der Waals surface area contributed by atoms with Crippen LogP contribution in [0.15, 0.2) is 73.1 Å². The average molecular weight is 617 g/mol. The Morgan fingerprint density at radius 3 is 2.80 bits per heavy atom. The zero-order valence-corrected chi connectivity index (χ0v) is 26.2. The normalized spacial score (nSPS) is 13.3. The number of hydrogen-bond donors (Lipinski definition) is 2. The summed E-state index contributed by atoms with van der Waals surface area (Å²) in [6, 6.07) is 18.2. The van der Waals surface area contributed by atoms with E-state index in [-0.39, 0.29) is 5.91 Å². The van der Waals surface area contributed by atoms with Crippen LogP contribution in [0.3, 0.4) is 0 Å². The SMILES string of the molecule is CCOc1cc2nc(CC)c(C#N)c(Nc3ccc4c(cnn4Cc4ccccn4)c3)c2cc1NC(=O)/C=C/CN(C)C1COC1. The zero-order chi connectivity index (χ0) is 32.0. The number of anilines is 3. The summed E-state index contributed by atoms with van der Waals surface area (Å²) in [4.78, 5) is 24.4. The monoisotopic (exact) mass is 616 g/mol. The summed E-state index contributed by atoms with van der Waals surface area (Å²) in [5, 5.41) is 23.0. The van der Waals surface area contributed by atoms with Crippen molar-refractivity contribution in [3.8, 4) is 11.8 Å². The number of carbonyl (C=O) groups is 1. The van der Waals surface area contributed by atoms with E-state index >= 15 is 0 Å². The van der Waals surface area contributed by atoms with Gasteiger partial charge in [-0.15, -0.1) is 0 Å². The third kappa shape index (κ3) is 6.54. The fourth-order valence-electron chi connectivity index (χ4n) is 5.43. The van der Waals surface area contributed by atoms with Crippen LogP contribution in [0.25, 0.3) is 21.8 Å². The number of nitrogens with zero attached hydrogens (tertiary/aromatic N) is 6. The number of likely N-dealkylation sites (N-methyl/N-ethyl adjacent to an activating group) is 1. The molecule has 0 bridgehead atoms. The third-order valence-corrected chi connectivity index (χ3v) is 8.02. The largest absolute Gasteiger partial charge is 0.492 e. The van der Waals surface area contributed by atoms with E-state index in [9.17, 15) is 10.1 Å². The van der Waals surface area contributed by atoms with E-state index in [1.165, 1.54) is 6.08 Å². The highest BCUT2D eigenvalue weighted by molar-refractivity contribution is 6.05. The second-order valence-corrected chi connectivity index (χ2v) is 11.1. The Hall–Kier alpha value is -5.31. The van der Waals surface area contributed by atoms with Gasteiger partial charge in [0.2, 0.25) is 5.91 Å². The van der Waals surface area contributed by atoms with Crippen LogP contribution in [0.2, 0.25) is 0 Å². The summed E-state index contributed by atoms with van der Waals surface area (Å²) in [5.74, 6) is 0.229. The molecular formula is C35H36N8O3. The zero-order valence-electron chi connectivity index (χ0n) is 26.2. The van der Waals surface area contributed by atoms with Gasteiger partial charge in [0, 0.05) is 41.3 Å². The Kier molecular flexibility index (Phi) is 9.19. The Balaban J connectivity index is 1.33. The molecule has 46 heavy (non-hydrogen) atoms. The highest BCUT2D eigenvalue weighted by atomic mass is 16.5. The number of rotatable bonds is 12. The Morgan fingerprint density at radius 2 is 2.09 bits per heavy atom. The predicted octanol–water partition coefficient (Wildman–Crippen LogP) is 5.43. The number of aryl methyl sites for hydroxylation is 1. The molecule has 0 spiro atoms. The van der Waals surface area contributed by atoms with Gasteiger partial charge in [-0.05, 0) is 56.8 Å². The minimum absolute atomic E-state index is 0.278. The number of aromatic nitrogens is 4. The lowest BCUT2D eigenvalue weighted by Crippen LogP contribution is -2.46. The van der Waals surface area contributed by atoms with Gasteiger partial charge in [0.05, 0.1) is 78.0 Å². The van der Waals surface area contributed by atoms with Crippen LogP contribution >= 0.6 is 0 Å². The predicted molar refractivity (Wildman–Crippen MR) is 178 cm³/mol. The van der Waals surface area contributed by atoms with Crippen molar-refractivity contribution >= 4 is 44.8 Å². The molecule has 234 valence electrons. The maximum Gasteiger partial charge on any atom is 0.248 e. The van der Waals surface area contributed by atoms with Crippen LogP contribution < -0.4 is 15.4 Å². The van der Waals surface area contributed by atoms with E-state index in [0.717, 1.165) is 22.3 Å². The number of pyridine rings is 2. The molecule has 1 aliphatic heterocycles. The Bertz CT molecular complexity index is 1940. The van der Waals surface area contributed by atoms with Gasteiger partial charge in [-0.1, -0.05) is 19.1 Å². The highest BCUT2D eigenvalue weighted by Gasteiger charge is 2.22. The number of hydrogen-bond acceptors (Lipinski definition) is 9. The molecule has 2 N–H and O–H groups in total.